The molecule has 0 saturated carbocycles. The van der Waals surface area contributed by atoms with E-state index in [9.17, 15) is 0 Å². The molecule has 0 amide bonds. The maximum Gasteiger partial charge on any atom is 0.159 e. The van der Waals surface area contributed by atoms with Gasteiger partial charge in [-0.15, -0.1) is 11.3 Å². The van der Waals surface area contributed by atoms with Gasteiger partial charge in [-0.2, -0.15) is 0 Å². The maximum atomic E-state index is 4.32. The van der Waals surface area contributed by atoms with Crippen LogP contribution in [0.1, 0.15) is 25.6 Å². The molecule has 78 valence electrons. The number of nitrogens with zero attached hydrogens (tertiary/aromatic N) is 3. The minimum absolute atomic E-state index is 0.368. The molecule has 5 heteroatoms. The minimum Gasteiger partial charge on any atom is -0.240 e. The van der Waals surface area contributed by atoms with Crippen LogP contribution in [-0.4, -0.2) is 15.0 Å². The van der Waals surface area contributed by atoms with Crippen molar-refractivity contribution in [2.24, 2.45) is 0 Å². The highest BCUT2D eigenvalue weighted by molar-refractivity contribution is 9.11. The molecular formula is C10H10BrN3S. The number of hydrogen-bond acceptors (Lipinski definition) is 4. The Morgan fingerprint density at radius 1 is 1.13 bits per heavy atom. The van der Waals surface area contributed by atoms with Crippen molar-refractivity contribution in [3.8, 4) is 10.4 Å². The van der Waals surface area contributed by atoms with Gasteiger partial charge < -0.3 is 0 Å². The second-order valence-corrected chi connectivity index (χ2v) is 5.77. The average molecular weight is 284 g/mol. The Labute approximate surface area is 101 Å². The third-order valence-corrected chi connectivity index (χ3v) is 3.48. The predicted octanol–water partition coefficient (Wildman–Crippen LogP) is 3.49. The van der Waals surface area contributed by atoms with Gasteiger partial charge in [-0.1, -0.05) is 13.8 Å². The molecule has 0 atom stereocenters. The minimum atomic E-state index is 0.368. The molecule has 0 aromatic carbocycles. The normalized spacial score (nSPS) is 10.9. The second-order valence-electron chi connectivity index (χ2n) is 3.46. The Morgan fingerprint density at radius 2 is 1.80 bits per heavy atom. The van der Waals surface area contributed by atoms with E-state index in [0.717, 1.165) is 20.2 Å². The van der Waals surface area contributed by atoms with Crippen LogP contribution in [0, 0.1) is 0 Å². The van der Waals surface area contributed by atoms with E-state index < -0.39 is 0 Å². The van der Waals surface area contributed by atoms with Crippen molar-refractivity contribution in [1.82, 2.24) is 15.0 Å². The number of hydrogen-bond donors (Lipinski definition) is 0. The van der Waals surface area contributed by atoms with Crippen LogP contribution in [0.15, 0.2) is 22.5 Å². The molecule has 0 bridgehead atoms. The summed E-state index contributed by atoms with van der Waals surface area (Å²) in [7, 11) is 0. The number of rotatable bonds is 2. The summed E-state index contributed by atoms with van der Waals surface area (Å²) in [6, 6.07) is 0. The first-order valence-corrected chi connectivity index (χ1v) is 6.21. The number of halogens is 1. The van der Waals surface area contributed by atoms with Gasteiger partial charge in [0.05, 0.1) is 4.88 Å². The van der Waals surface area contributed by atoms with E-state index >= 15 is 0 Å². The third-order valence-electron chi connectivity index (χ3n) is 1.95. The predicted molar refractivity (Wildman–Crippen MR) is 64.9 cm³/mol. The van der Waals surface area contributed by atoms with E-state index in [4.69, 9.17) is 0 Å². The Morgan fingerprint density at radius 3 is 2.27 bits per heavy atom. The van der Waals surface area contributed by atoms with Crippen LogP contribution in [0.5, 0.6) is 0 Å². The lowest BCUT2D eigenvalue weighted by molar-refractivity contribution is 0.775. The standard InChI is InChI=1S/C10H10BrN3S/c1-6(2)9-12-3-7(4-13-9)8-5-14-10(11)15-8/h3-6H,1-2H3. The summed E-state index contributed by atoms with van der Waals surface area (Å²) < 4.78 is 0.880. The number of thiazole rings is 1. The highest BCUT2D eigenvalue weighted by Crippen LogP contribution is 2.28. The van der Waals surface area contributed by atoms with Crippen LogP contribution in [0.4, 0.5) is 0 Å². The van der Waals surface area contributed by atoms with E-state index in [2.05, 4.69) is 44.7 Å². The topological polar surface area (TPSA) is 38.7 Å². The van der Waals surface area contributed by atoms with Crippen molar-refractivity contribution in [2.75, 3.05) is 0 Å². The molecule has 0 unspecified atom stereocenters. The molecule has 0 N–H and O–H groups in total. The van der Waals surface area contributed by atoms with Gasteiger partial charge in [-0.05, 0) is 15.9 Å². The van der Waals surface area contributed by atoms with Gasteiger partial charge in [0.25, 0.3) is 0 Å². The van der Waals surface area contributed by atoms with Gasteiger partial charge in [0.1, 0.15) is 5.82 Å². The first-order chi connectivity index (χ1) is 7.16. The van der Waals surface area contributed by atoms with E-state index in [1.807, 2.05) is 18.6 Å². The van der Waals surface area contributed by atoms with Gasteiger partial charge in [0.2, 0.25) is 0 Å². The third kappa shape index (κ3) is 2.41. The zero-order valence-corrected chi connectivity index (χ0v) is 10.8. The zero-order chi connectivity index (χ0) is 10.8. The lowest BCUT2D eigenvalue weighted by atomic mass is 10.2. The van der Waals surface area contributed by atoms with Gasteiger partial charge in [0, 0.05) is 30.1 Å². The highest BCUT2D eigenvalue weighted by atomic mass is 79.9. The fourth-order valence-corrected chi connectivity index (χ4v) is 2.39. The zero-order valence-electron chi connectivity index (χ0n) is 8.44. The van der Waals surface area contributed by atoms with Gasteiger partial charge in [0.15, 0.2) is 3.92 Å². The van der Waals surface area contributed by atoms with Crippen LogP contribution >= 0.6 is 27.3 Å². The molecular weight excluding hydrogens is 274 g/mol. The Balaban J connectivity index is 2.31. The van der Waals surface area contributed by atoms with E-state index in [0.29, 0.717) is 5.92 Å². The molecule has 2 heterocycles. The largest absolute Gasteiger partial charge is 0.240 e. The monoisotopic (exact) mass is 283 g/mol. The molecule has 0 aliphatic heterocycles. The van der Waals surface area contributed by atoms with Crippen molar-refractivity contribution < 1.29 is 0 Å². The molecule has 0 radical (unpaired) electrons. The summed E-state index contributed by atoms with van der Waals surface area (Å²) in [6.07, 6.45) is 5.52. The van der Waals surface area contributed by atoms with Crippen molar-refractivity contribution >= 4 is 27.3 Å². The summed E-state index contributed by atoms with van der Waals surface area (Å²) >= 11 is 4.91. The van der Waals surface area contributed by atoms with E-state index in [-0.39, 0.29) is 0 Å². The smallest absolute Gasteiger partial charge is 0.159 e. The fraction of sp³-hybridized carbons (Fsp3) is 0.300. The van der Waals surface area contributed by atoms with Crippen LogP contribution in [0.3, 0.4) is 0 Å². The lowest BCUT2D eigenvalue weighted by Crippen LogP contribution is -1.95. The van der Waals surface area contributed by atoms with Crippen molar-refractivity contribution in [3.05, 3.63) is 28.3 Å². The molecule has 0 spiro atoms. The Bertz CT molecular complexity index is 450. The van der Waals surface area contributed by atoms with Gasteiger partial charge >= 0.3 is 0 Å². The molecule has 15 heavy (non-hydrogen) atoms. The van der Waals surface area contributed by atoms with Crippen molar-refractivity contribution in [2.45, 2.75) is 19.8 Å². The summed E-state index contributed by atoms with van der Waals surface area (Å²) in [4.78, 5) is 13.8. The van der Waals surface area contributed by atoms with Gasteiger partial charge in [-0.3, -0.25) is 0 Å². The van der Waals surface area contributed by atoms with Crippen LogP contribution in [0.2, 0.25) is 0 Å². The Kier molecular flexibility index (Phi) is 3.11. The second kappa shape index (κ2) is 4.37. The lowest BCUT2D eigenvalue weighted by Gasteiger charge is -2.02. The summed E-state index contributed by atoms with van der Waals surface area (Å²) in [5, 5.41) is 0. The summed E-state index contributed by atoms with van der Waals surface area (Å²) in [5.41, 5.74) is 1.02. The van der Waals surface area contributed by atoms with Crippen LogP contribution < -0.4 is 0 Å². The molecule has 3 nitrogen and oxygen atoms in total. The van der Waals surface area contributed by atoms with E-state index in [1.165, 1.54) is 0 Å². The maximum absolute atomic E-state index is 4.32. The average Bonchev–Trinajstić information content (AvgIpc) is 2.65. The molecule has 2 rings (SSSR count). The summed E-state index contributed by atoms with van der Waals surface area (Å²) in [5.74, 6) is 1.24. The first-order valence-electron chi connectivity index (χ1n) is 4.60. The molecule has 2 aromatic rings. The molecule has 2 aromatic heterocycles. The quantitative estimate of drug-likeness (QED) is 0.847. The van der Waals surface area contributed by atoms with Crippen molar-refractivity contribution in [1.29, 1.82) is 0 Å². The molecule has 0 aliphatic carbocycles. The summed E-state index contributed by atoms with van der Waals surface area (Å²) in [6.45, 7) is 4.16. The molecule has 0 aliphatic rings. The Hall–Kier alpha value is -0.810. The fourth-order valence-electron chi connectivity index (χ4n) is 1.15. The van der Waals surface area contributed by atoms with Gasteiger partial charge in [-0.25, -0.2) is 15.0 Å². The SMILES string of the molecule is CC(C)c1ncc(-c2cnc(Br)s2)cn1. The first kappa shape index (κ1) is 10.7. The van der Waals surface area contributed by atoms with Crippen LogP contribution in [0.25, 0.3) is 10.4 Å². The van der Waals surface area contributed by atoms with E-state index in [1.54, 1.807) is 11.3 Å². The van der Waals surface area contributed by atoms with Crippen LogP contribution in [-0.2, 0) is 0 Å². The van der Waals surface area contributed by atoms with Crippen molar-refractivity contribution in [3.63, 3.8) is 0 Å². The molecule has 0 fully saturated rings. The number of aromatic nitrogens is 3. The molecule has 0 saturated heterocycles. The highest BCUT2D eigenvalue weighted by Gasteiger charge is 2.06.